The summed E-state index contributed by atoms with van der Waals surface area (Å²) in [6.45, 7) is 5.63. The highest BCUT2D eigenvalue weighted by Gasteiger charge is 2.31. The van der Waals surface area contributed by atoms with Gasteiger partial charge in [0.25, 0.3) is 0 Å². The van der Waals surface area contributed by atoms with Gasteiger partial charge in [0, 0.05) is 5.39 Å². The van der Waals surface area contributed by atoms with Crippen molar-refractivity contribution in [2.24, 2.45) is 0 Å². The van der Waals surface area contributed by atoms with Gasteiger partial charge in [0.1, 0.15) is 0 Å². The van der Waals surface area contributed by atoms with Gasteiger partial charge in [-0.3, -0.25) is 0 Å². The second kappa shape index (κ2) is 8.16. The first-order valence-electron chi connectivity index (χ1n) is 9.66. The molecule has 0 amide bonds. The van der Waals surface area contributed by atoms with E-state index in [1.54, 1.807) is 6.08 Å². The Morgan fingerprint density at radius 3 is 2.32 bits per heavy atom. The Morgan fingerprint density at radius 1 is 1.00 bits per heavy atom. The van der Waals surface area contributed by atoms with E-state index in [4.69, 9.17) is 0 Å². The normalized spacial score (nSPS) is 13.4. The zero-order valence-corrected chi connectivity index (χ0v) is 18.3. The average molecular weight is 452 g/mol. The van der Waals surface area contributed by atoms with Crippen molar-refractivity contribution in [1.29, 1.82) is 0 Å². The summed E-state index contributed by atoms with van der Waals surface area (Å²) < 4.78 is 65.8. The van der Waals surface area contributed by atoms with Crippen molar-refractivity contribution in [1.82, 2.24) is 3.97 Å². The summed E-state index contributed by atoms with van der Waals surface area (Å²) in [6.07, 6.45) is -1.36. The van der Waals surface area contributed by atoms with Crippen LogP contribution >= 0.6 is 0 Å². The standard InChI is InChI=1S/C23H24F3NO3S/c1-22(2,3)18-8-4-6-16(12-18)7-5-11-31(29,30)27-20(15-28)14-17-13-19(23(24,25)26)9-10-21(17)27/h4-10,12-14,28H,11,15H2,1-3H3. The van der Waals surface area contributed by atoms with Crippen LogP contribution in [0.2, 0.25) is 0 Å². The summed E-state index contributed by atoms with van der Waals surface area (Å²) in [5.41, 5.74) is 1.13. The fraction of sp³-hybridized carbons (Fsp3) is 0.304. The highest BCUT2D eigenvalue weighted by atomic mass is 32.2. The van der Waals surface area contributed by atoms with Crippen LogP contribution in [0.5, 0.6) is 0 Å². The number of nitrogens with zero attached hydrogens (tertiary/aromatic N) is 1. The predicted molar refractivity (Wildman–Crippen MR) is 116 cm³/mol. The Labute approximate surface area is 179 Å². The number of aromatic nitrogens is 1. The summed E-state index contributed by atoms with van der Waals surface area (Å²) in [4.78, 5) is 0. The van der Waals surface area contributed by atoms with Crippen molar-refractivity contribution >= 4 is 27.0 Å². The molecule has 2 aromatic carbocycles. The minimum Gasteiger partial charge on any atom is -0.390 e. The van der Waals surface area contributed by atoms with Gasteiger partial charge in [0.2, 0.25) is 10.0 Å². The molecule has 3 rings (SSSR count). The Morgan fingerprint density at radius 2 is 1.71 bits per heavy atom. The fourth-order valence-electron chi connectivity index (χ4n) is 3.35. The predicted octanol–water partition coefficient (Wildman–Crippen LogP) is 5.34. The van der Waals surface area contributed by atoms with E-state index in [0.717, 1.165) is 33.3 Å². The van der Waals surface area contributed by atoms with Gasteiger partial charge in [0.05, 0.1) is 29.1 Å². The van der Waals surface area contributed by atoms with Gasteiger partial charge in [-0.1, -0.05) is 57.2 Å². The molecule has 166 valence electrons. The van der Waals surface area contributed by atoms with E-state index >= 15 is 0 Å². The van der Waals surface area contributed by atoms with Crippen molar-refractivity contribution < 1.29 is 26.7 Å². The molecule has 0 atom stereocenters. The Hall–Kier alpha value is -2.58. The fourth-order valence-corrected chi connectivity index (χ4v) is 4.77. The molecule has 0 unspecified atom stereocenters. The molecular formula is C23H24F3NO3S. The van der Waals surface area contributed by atoms with Crippen LogP contribution in [0.1, 0.15) is 43.2 Å². The molecule has 1 heterocycles. The van der Waals surface area contributed by atoms with Gasteiger partial charge in [-0.2, -0.15) is 13.2 Å². The molecule has 0 fully saturated rings. The van der Waals surface area contributed by atoms with E-state index in [-0.39, 0.29) is 27.8 Å². The van der Waals surface area contributed by atoms with Gasteiger partial charge < -0.3 is 5.11 Å². The maximum atomic E-state index is 13.0. The zero-order chi connectivity index (χ0) is 23.0. The summed E-state index contributed by atoms with van der Waals surface area (Å²) in [5.74, 6) is -0.370. The quantitative estimate of drug-likeness (QED) is 0.570. The van der Waals surface area contributed by atoms with Crippen LogP contribution in [0.3, 0.4) is 0 Å². The van der Waals surface area contributed by atoms with E-state index in [0.29, 0.717) is 0 Å². The lowest BCUT2D eigenvalue weighted by Crippen LogP contribution is -2.18. The van der Waals surface area contributed by atoms with Gasteiger partial charge in [-0.15, -0.1) is 0 Å². The Bertz CT molecular complexity index is 1230. The molecule has 0 spiro atoms. The third-order valence-corrected chi connectivity index (χ3v) is 6.57. The zero-order valence-electron chi connectivity index (χ0n) is 17.4. The first kappa shape index (κ1) is 23.1. The minimum atomic E-state index is -4.54. The van der Waals surface area contributed by atoms with Crippen molar-refractivity contribution in [2.75, 3.05) is 5.75 Å². The van der Waals surface area contributed by atoms with E-state index in [1.807, 2.05) is 24.3 Å². The molecule has 0 aliphatic heterocycles. The minimum absolute atomic E-state index is 0.0115. The first-order valence-corrected chi connectivity index (χ1v) is 11.3. The summed E-state index contributed by atoms with van der Waals surface area (Å²) in [7, 11) is -3.95. The first-order chi connectivity index (χ1) is 14.3. The Balaban J connectivity index is 1.94. The van der Waals surface area contributed by atoms with Crippen LogP contribution in [-0.2, 0) is 28.2 Å². The lowest BCUT2D eigenvalue weighted by atomic mass is 9.86. The molecule has 1 N–H and O–H groups in total. The smallest absolute Gasteiger partial charge is 0.390 e. The third kappa shape index (κ3) is 5.02. The molecule has 0 aliphatic carbocycles. The lowest BCUT2D eigenvalue weighted by Gasteiger charge is -2.19. The molecule has 1 aromatic heterocycles. The Kier molecular flexibility index (Phi) is 6.08. The number of hydrogen-bond donors (Lipinski definition) is 1. The van der Waals surface area contributed by atoms with Crippen molar-refractivity contribution in [3.8, 4) is 0 Å². The van der Waals surface area contributed by atoms with Gasteiger partial charge in [-0.05, 0) is 40.8 Å². The SMILES string of the molecule is CC(C)(C)c1cccc(C=CCS(=O)(=O)n2c(CO)cc3cc(C(F)(F)F)ccc32)c1. The monoisotopic (exact) mass is 451 g/mol. The highest BCUT2D eigenvalue weighted by molar-refractivity contribution is 7.90. The van der Waals surface area contributed by atoms with Crippen molar-refractivity contribution in [2.45, 2.75) is 39.0 Å². The maximum absolute atomic E-state index is 13.0. The van der Waals surface area contributed by atoms with Crippen molar-refractivity contribution in [3.05, 3.63) is 77.0 Å². The molecule has 0 saturated heterocycles. The molecular weight excluding hydrogens is 427 g/mol. The van der Waals surface area contributed by atoms with Crippen LogP contribution in [-0.4, -0.2) is 23.2 Å². The molecule has 0 saturated carbocycles. The number of halogens is 3. The topological polar surface area (TPSA) is 59.3 Å². The number of aliphatic hydroxyl groups excluding tert-OH is 1. The number of benzene rings is 2. The molecule has 0 aliphatic rings. The third-order valence-electron chi connectivity index (χ3n) is 4.97. The second-order valence-electron chi connectivity index (χ2n) is 8.39. The second-order valence-corrected chi connectivity index (χ2v) is 10.2. The lowest BCUT2D eigenvalue weighted by molar-refractivity contribution is -0.137. The molecule has 31 heavy (non-hydrogen) atoms. The van der Waals surface area contributed by atoms with E-state index in [2.05, 4.69) is 20.8 Å². The van der Waals surface area contributed by atoms with Crippen molar-refractivity contribution in [3.63, 3.8) is 0 Å². The van der Waals surface area contributed by atoms with E-state index in [9.17, 15) is 26.7 Å². The average Bonchev–Trinajstić information content (AvgIpc) is 3.05. The summed E-state index contributed by atoms with van der Waals surface area (Å²) >= 11 is 0. The van der Waals surface area contributed by atoms with Gasteiger partial charge in [-0.25, -0.2) is 12.4 Å². The largest absolute Gasteiger partial charge is 0.416 e. The van der Waals surface area contributed by atoms with Crippen LogP contribution in [0.4, 0.5) is 13.2 Å². The maximum Gasteiger partial charge on any atom is 0.416 e. The highest BCUT2D eigenvalue weighted by Crippen LogP contribution is 2.33. The van der Waals surface area contributed by atoms with Gasteiger partial charge >= 0.3 is 6.18 Å². The number of alkyl halides is 3. The summed E-state index contributed by atoms with van der Waals surface area (Å²) in [5, 5.41) is 9.70. The number of rotatable bonds is 5. The molecule has 4 nitrogen and oxygen atoms in total. The molecule has 3 aromatic rings. The number of aliphatic hydroxyl groups is 1. The number of hydrogen-bond acceptors (Lipinski definition) is 3. The molecule has 0 bridgehead atoms. The molecule has 0 radical (unpaired) electrons. The van der Waals surface area contributed by atoms with Crippen LogP contribution in [0.25, 0.3) is 17.0 Å². The van der Waals surface area contributed by atoms with Crippen LogP contribution in [0, 0.1) is 0 Å². The van der Waals surface area contributed by atoms with Gasteiger partial charge in [0.15, 0.2) is 0 Å². The van der Waals surface area contributed by atoms with Crippen LogP contribution in [0.15, 0.2) is 54.6 Å². The van der Waals surface area contributed by atoms with Crippen LogP contribution < -0.4 is 0 Å². The van der Waals surface area contributed by atoms with E-state index < -0.39 is 28.4 Å². The van der Waals surface area contributed by atoms with E-state index in [1.165, 1.54) is 12.1 Å². The summed E-state index contributed by atoms with van der Waals surface area (Å²) in [6, 6.07) is 11.8. The molecule has 8 heteroatoms. The number of fused-ring (bicyclic) bond motifs is 1.